The van der Waals surface area contributed by atoms with Crippen LogP contribution in [0.2, 0.25) is 0 Å². The van der Waals surface area contributed by atoms with Crippen molar-refractivity contribution in [2.45, 2.75) is 38.1 Å². The number of rotatable bonds is 8. The van der Waals surface area contributed by atoms with Crippen LogP contribution in [0.25, 0.3) is 0 Å². The van der Waals surface area contributed by atoms with Gasteiger partial charge in [-0.15, -0.1) is 0 Å². The lowest BCUT2D eigenvalue weighted by Gasteiger charge is -2.10. The van der Waals surface area contributed by atoms with Crippen molar-refractivity contribution in [1.29, 1.82) is 0 Å². The topological polar surface area (TPSA) is 131 Å². The van der Waals surface area contributed by atoms with Crippen LogP contribution in [0.3, 0.4) is 0 Å². The van der Waals surface area contributed by atoms with Crippen LogP contribution in [-0.2, 0) is 24.3 Å². The average molecular weight is 472 g/mol. The van der Waals surface area contributed by atoms with Crippen LogP contribution in [0.1, 0.15) is 43.1 Å². The Bertz CT molecular complexity index is 1200. The maximum Gasteiger partial charge on any atom is 0.331 e. The molecular formula is C23H25N3O6S. The molecule has 0 bridgehead atoms. The minimum atomic E-state index is -3.72. The van der Waals surface area contributed by atoms with Gasteiger partial charge in [-0.25, -0.2) is 13.2 Å². The Kier molecular flexibility index (Phi) is 7.27. The first-order chi connectivity index (χ1) is 15.6. The largest absolute Gasteiger partial charge is 0.456 e. The molecule has 0 radical (unpaired) electrons. The number of Topliss-reactive ketones (excluding diaryl/α,β-unsaturated/α-hetero) is 1. The van der Waals surface area contributed by atoms with E-state index in [1.807, 2.05) is 13.8 Å². The van der Waals surface area contributed by atoms with Crippen molar-refractivity contribution in [3.8, 4) is 0 Å². The van der Waals surface area contributed by atoms with Crippen LogP contribution in [0.4, 0.5) is 5.69 Å². The van der Waals surface area contributed by atoms with Crippen LogP contribution in [0.5, 0.6) is 0 Å². The summed E-state index contributed by atoms with van der Waals surface area (Å²) in [5.41, 5.74) is 1.26. The van der Waals surface area contributed by atoms with Crippen LogP contribution in [0, 0.1) is 5.92 Å². The molecule has 0 spiro atoms. The Morgan fingerprint density at radius 3 is 2.36 bits per heavy atom. The van der Waals surface area contributed by atoms with Crippen molar-refractivity contribution in [2.24, 2.45) is 10.9 Å². The summed E-state index contributed by atoms with van der Waals surface area (Å²) >= 11 is 0. The molecule has 1 aliphatic heterocycles. The van der Waals surface area contributed by atoms with E-state index in [9.17, 15) is 22.8 Å². The van der Waals surface area contributed by atoms with Crippen LogP contribution >= 0.6 is 0 Å². The lowest BCUT2D eigenvalue weighted by atomic mass is 10.1. The number of amides is 1. The minimum absolute atomic E-state index is 0.0523. The molecule has 2 aromatic rings. The molecule has 10 heteroatoms. The second kappa shape index (κ2) is 9.95. The first-order valence-corrected chi connectivity index (χ1v) is 11.8. The number of hydrogen-bond acceptors (Lipinski definition) is 7. The number of carbonyl (C=O) groups is 3. The highest BCUT2D eigenvalue weighted by molar-refractivity contribution is 7.90. The predicted molar refractivity (Wildman–Crippen MR) is 123 cm³/mol. The van der Waals surface area contributed by atoms with E-state index in [4.69, 9.17) is 4.74 Å². The number of anilines is 1. The number of nitrogens with one attached hydrogen (secondary N) is 2. The van der Waals surface area contributed by atoms with E-state index in [0.29, 0.717) is 23.2 Å². The molecule has 1 amide bonds. The van der Waals surface area contributed by atoms with Gasteiger partial charge in [-0.05, 0) is 49.2 Å². The zero-order chi connectivity index (χ0) is 24.2. The molecule has 1 unspecified atom stereocenters. The molecule has 0 fully saturated rings. The number of aliphatic imine (C=N–C) groups is 1. The van der Waals surface area contributed by atoms with Crippen LogP contribution < -0.4 is 10.0 Å². The Balaban J connectivity index is 1.57. The quantitative estimate of drug-likeness (QED) is 0.449. The van der Waals surface area contributed by atoms with Crippen molar-refractivity contribution in [3.63, 3.8) is 0 Å². The van der Waals surface area contributed by atoms with Crippen molar-refractivity contribution in [1.82, 2.24) is 4.72 Å². The van der Waals surface area contributed by atoms with Gasteiger partial charge in [0.05, 0.1) is 4.90 Å². The van der Waals surface area contributed by atoms with Crippen molar-refractivity contribution >= 4 is 39.2 Å². The van der Waals surface area contributed by atoms with E-state index >= 15 is 0 Å². The fourth-order valence-corrected chi connectivity index (χ4v) is 4.38. The average Bonchev–Trinajstić information content (AvgIpc) is 3.01. The number of benzene rings is 2. The number of fused-ring (bicyclic) bond motifs is 1. The normalized spacial score (nSPS) is 16.1. The molecule has 9 nitrogen and oxygen atoms in total. The van der Waals surface area contributed by atoms with Gasteiger partial charge in [0.15, 0.2) is 12.4 Å². The summed E-state index contributed by atoms with van der Waals surface area (Å²) in [5.74, 6) is -1.01. The summed E-state index contributed by atoms with van der Waals surface area (Å²) in [7, 11) is -3.72. The summed E-state index contributed by atoms with van der Waals surface area (Å²) in [6.45, 7) is 4.85. The number of sulfonamides is 1. The second-order valence-electron chi connectivity index (χ2n) is 8.01. The molecule has 0 aliphatic carbocycles. The molecule has 174 valence electrons. The Labute approximate surface area is 192 Å². The van der Waals surface area contributed by atoms with Gasteiger partial charge in [0.2, 0.25) is 5.91 Å². The van der Waals surface area contributed by atoms with Gasteiger partial charge < -0.3 is 10.1 Å². The van der Waals surface area contributed by atoms with Crippen LogP contribution in [0.15, 0.2) is 58.4 Å². The number of ether oxygens (including phenoxy) is 1. The first-order valence-electron chi connectivity index (χ1n) is 10.4. The van der Waals surface area contributed by atoms with Gasteiger partial charge in [-0.1, -0.05) is 26.0 Å². The van der Waals surface area contributed by atoms with E-state index in [1.54, 1.807) is 30.3 Å². The fourth-order valence-electron chi connectivity index (χ4n) is 3.14. The Morgan fingerprint density at radius 2 is 1.70 bits per heavy atom. The number of hydrogen-bond donors (Lipinski definition) is 2. The number of amidine groups is 1. The molecule has 1 heterocycles. The van der Waals surface area contributed by atoms with Gasteiger partial charge in [0.25, 0.3) is 10.0 Å². The van der Waals surface area contributed by atoms with Gasteiger partial charge in [0, 0.05) is 23.2 Å². The van der Waals surface area contributed by atoms with Crippen molar-refractivity contribution < 1.29 is 27.5 Å². The standard InChI is InChI=1S/C23H25N3O6S/c1-14(2)12-21(28)25-17-10-8-16(9-11-17)19(27)13-32-23(29)15(3)24-22-18-6-4-5-7-20(18)33(30,31)26-22/h4-11,14-15H,12-13H2,1-3H3,(H,24,26)(H,25,28). The number of carbonyl (C=O) groups excluding carboxylic acids is 3. The van der Waals surface area contributed by atoms with Crippen molar-refractivity contribution in [3.05, 3.63) is 59.7 Å². The van der Waals surface area contributed by atoms with E-state index in [2.05, 4.69) is 15.0 Å². The molecule has 33 heavy (non-hydrogen) atoms. The highest BCUT2D eigenvalue weighted by atomic mass is 32.2. The fraction of sp³-hybridized carbons (Fsp3) is 0.304. The van der Waals surface area contributed by atoms with E-state index in [0.717, 1.165) is 0 Å². The second-order valence-corrected chi connectivity index (χ2v) is 9.66. The van der Waals surface area contributed by atoms with Crippen molar-refractivity contribution in [2.75, 3.05) is 11.9 Å². The third-order valence-corrected chi connectivity index (χ3v) is 6.15. The molecule has 3 rings (SSSR count). The predicted octanol–water partition coefficient (Wildman–Crippen LogP) is 2.52. The Morgan fingerprint density at radius 1 is 1.03 bits per heavy atom. The van der Waals surface area contributed by atoms with Gasteiger partial charge in [0.1, 0.15) is 11.9 Å². The van der Waals surface area contributed by atoms with Gasteiger partial charge >= 0.3 is 5.97 Å². The minimum Gasteiger partial charge on any atom is -0.456 e. The first kappa shape index (κ1) is 24.1. The lowest BCUT2D eigenvalue weighted by molar-refractivity contribution is -0.143. The van der Waals surface area contributed by atoms with Crippen LogP contribution in [-0.4, -0.2) is 44.6 Å². The third-order valence-electron chi connectivity index (χ3n) is 4.76. The molecule has 0 saturated heterocycles. The highest BCUT2D eigenvalue weighted by Crippen LogP contribution is 2.22. The van der Waals surface area contributed by atoms with E-state index in [1.165, 1.54) is 25.1 Å². The van der Waals surface area contributed by atoms with E-state index < -0.39 is 34.4 Å². The van der Waals surface area contributed by atoms with E-state index in [-0.39, 0.29) is 22.6 Å². The zero-order valence-corrected chi connectivity index (χ0v) is 19.3. The summed E-state index contributed by atoms with van der Waals surface area (Å²) < 4.78 is 31.7. The molecule has 0 aromatic heterocycles. The molecule has 1 aliphatic rings. The maximum atomic E-state index is 12.4. The molecule has 0 saturated carbocycles. The molecule has 2 aromatic carbocycles. The Hall–Kier alpha value is -3.53. The summed E-state index contributed by atoms with van der Waals surface area (Å²) in [6, 6.07) is 11.5. The number of nitrogens with zero attached hydrogens (tertiary/aromatic N) is 1. The zero-order valence-electron chi connectivity index (χ0n) is 18.5. The summed E-state index contributed by atoms with van der Waals surface area (Å²) in [5, 5.41) is 2.75. The third kappa shape index (κ3) is 6.04. The maximum absolute atomic E-state index is 12.4. The lowest BCUT2D eigenvalue weighted by Crippen LogP contribution is -2.27. The molecule has 2 N–H and O–H groups in total. The number of esters is 1. The molecule has 1 atom stereocenters. The smallest absolute Gasteiger partial charge is 0.331 e. The highest BCUT2D eigenvalue weighted by Gasteiger charge is 2.31. The number of ketones is 1. The SMILES string of the molecule is CC(C)CC(=O)Nc1ccc(C(=O)COC(=O)C(C)N=C2NS(=O)(=O)c3ccccc32)cc1. The monoisotopic (exact) mass is 471 g/mol. The molecular weight excluding hydrogens is 446 g/mol. The van der Waals surface area contributed by atoms with Gasteiger partial charge in [-0.3, -0.25) is 19.3 Å². The summed E-state index contributed by atoms with van der Waals surface area (Å²) in [4.78, 5) is 40.7. The summed E-state index contributed by atoms with van der Waals surface area (Å²) in [6.07, 6.45) is 0.395. The van der Waals surface area contributed by atoms with Gasteiger partial charge in [-0.2, -0.15) is 0 Å².